The van der Waals surface area contributed by atoms with Gasteiger partial charge in [-0.1, -0.05) is 158 Å². The molecule has 0 unspecified atom stereocenters. The number of nitrogens with zero attached hydrogens (tertiary/aromatic N) is 8. The smallest absolute Gasteiger partial charge is 0.753 e. The van der Waals surface area contributed by atoms with E-state index in [1.165, 1.54) is 10.3 Å². The number of rotatable bonds is 9. The average Bonchev–Trinajstić information content (AvgIpc) is 3.18. The van der Waals surface area contributed by atoms with Crippen LogP contribution in [0.25, 0.3) is 10.8 Å². The molecule has 0 fully saturated rings. The number of thiocarbonyl (C=S) groups is 2. The summed E-state index contributed by atoms with van der Waals surface area (Å²) in [4.78, 5) is 9.15. The predicted molar refractivity (Wildman–Crippen MR) is 211 cm³/mol. The molecule has 0 radical (unpaired) electrons. The fraction of sp³-hybridized carbons (Fsp3) is 0. The molecule has 2 aromatic heterocycles. The second kappa shape index (κ2) is 22.7. The van der Waals surface area contributed by atoms with E-state index in [2.05, 4.69) is 34.4 Å². The van der Waals surface area contributed by atoms with Gasteiger partial charge in [-0.25, -0.2) is 0 Å². The van der Waals surface area contributed by atoms with E-state index in [0.29, 0.717) is 34.2 Å². The van der Waals surface area contributed by atoms with Gasteiger partial charge in [0.1, 0.15) is 22.8 Å². The molecule has 0 N–H and O–H groups in total. The van der Waals surface area contributed by atoms with Gasteiger partial charge >= 0.3 is 19.5 Å². The number of isothiocyanates is 2. The van der Waals surface area contributed by atoms with E-state index in [1.54, 1.807) is 12.4 Å². The molecular formula is C40H28N8S2Zn. The topological polar surface area (TPSA) is 120 Å². The monoisotopic (exact) mass is 748 g/mol. The molecule has 0 bridgehead atoms. The molecule has 0 spiro atoms. The van der Waals surface area contributed by atoms with Gasteiger partial charge in [0, 0.05) is 34.6 Å². The fourth-order valence-electron chi connectivity index (χ4n) is 4.59. The largest absolute Gasteiger partial charge is 2.00 e. The molecule has 11 heteroatoms. The van der Waals surface area contributed by atoms with E-state index >= 15 is 0 Å². The summed E-state index contributed by atoms with van der Waals surface area (Å²) < 4.78 is 0. The molecule has 4 aromatic carbocycles. The van der Waals surface area contributed by atoms with Gasteiger partial charge in [-0.05, 0) is 24.3 Å². The normalized spacial score (nSPS) is 11.2. The maximum atomic E-state index is 7.13. The molecule has 8 nitrogen and oxygen atoms in total. The van der Waals surface area contributed by atoms with Crippen LogP contribution in [0.4, 0.5) is 0 Å². The number of hydrogen-bond donors (Lipinski definition) is 0. The van der Waals surface area contributed by atoms with Crippen LogP contribution in [0.1, 0.15) is 33.6 Å². The number of hydrogen-bond acceptors (Lipinski definition) is 8. The van der Waals surface area contributed by atoms with Crippen LogP contribution in [0, 0.1) is 0 Å². The summed E-state index contributed by atoms with van der Waals surface area (Å²) in [6, 6.07) is 51.2. The van der Waals surface area contributed by atoms with Crippen LogP contribution in [-0.4, -0.2) is 43.1 Å². The molecule has 2 heterocycles. The van der Waals surface area contributed by atoms with Crippen molar-refractivity contribution in [2.45, 2.75) is 0 Å². The van der Waals surface area contributed by atoms with Gasteiger partial charge in [-0.2, -0.15) is 10.3 Å². The van der Waals surface area contributed by atoms with Gasteiger partial charge in [-0.3, -0.25) is 9.97 Å². The van der Waals surface area contributed by atoms with Crippen molar-refractivity contribution in [2.24, 2.45) is 20.4 Å². The predicted octanol–water partition coefficient (Wildman–Crippen LogP) is 8.97. The Balaban J connectivity index is 0.000000939. The maximum absolute atomic E-state index is 7.13. The minimum absolute atomic E-state index is 0. The Hall–Kier alpha value is -5.92. The van der Waals surface area contributed by atoms with Crippen molar-refractivity contribution < 1.29 is 19.5 Å². The number of pyridine rings is 2. The Morgan fingerprint density at radius 1 is 0.412 bits per heavy atom. The number of benzene rings is 4. The van der Waals surface area contributed by atoms with E-state index in [-0.39, 0.29) is 19.5 Å². The van der Waals surface area contributed by atoms with E-state index in [1.807, 2.05) is 158 Å². The molecule has 6 rings (SSSR count). The molecule has 0 aliphatic rings. The van der Waals surface area contributed by atoms with Crippen molar-refractivity contribution in [3.05, 3.63) is 215 Å². The van der Waals surface area contributed by atoms with E-state index < -0.39 is 0 Å². The van der Waals surface area contributed by atoms with Crippen LogP contribution in [0.2, 0.25) is 0 Å². The molecule has 242 valence electrons. The third kappa shape index (κ3) is 12.2. The summed E-state index contributed by atoms with van der Waals surface area (Å²) in [7, 11) is 0. The first-order valence-electron chi connectivity index (χ1n) is 15.1. The van der Waals surface area contributed by atoms with Crippen LogP contribution < -0.4 is 0 Å². The Morgan fingerprint density at radius 2 is 0.686 bits per heavy atom. The minimum Gasteiger partial charge on any atom is -0.753 e. The summed E-state index contributed by atoms with van der Waals surface area (Å²) in [5, 5.41) is 36.4. The summed E-state index contributed by atoms with van der Waals surface area (Å²) in [6.45, 7) is 0. The molecule has 6 aromatic rings. The van der Waals surface area contributed by atoms with Crippen molar-refractivity contribution >= 4 is 57.6 Å². The van der Waals surface area contributed by atoms with Gasteiger partial charge in [-0.15, -0.1) is 20.4 Å². The first-order chi connectivity index (χ1) is 24.7. The summed E-state index contributed by atoms with van der Waals surface area (Å²) in [6.07, 6.45) is 3.51. The first-order valence-corrected chi connectivity index (χ1v) is 15.9. The second-order valence-electron chi connectivity index (χ2n) is 9.87. The van der Waals surface area contributed by atoms with Crippen LogP contribution in [0.15, 0.2) is 191 Å². The van der Waals surface area contributed by atoms with E-state index in [4.69, 9.17) is 31.2 Å². The quantitative estimate of drug-likeness (QED) is 0.0634. The van der Waals surface area contributed by atoms with Crippen molar-refractivity contribution in [3.63, 3.8) is 0 Å². The third-order valence-corrected chi connectivity index (χ3v) is 6.73. The molecule has 0 atom stereocenters. The Morgan fingerprint density at radius 3 is 0.961 bits per heavy atom. The van der Waals surface area contributed by atoms with Crippen molar-refractivity contribution in [1.82, 2.24) is 9.97 Å². The maximum Gasteiger partial charge on any atom is 2.00 e. The Bertz CT molecular complexity index is 1880. The summed E-state index contributed by atoms with van der Waals surface area (Å²) >= 11 is 7.40. The van der Waals surface area contributed by atoms with E-state index in [9.17, 15) is 0 Å². The molecule has 0 amide bonds. The van der Waals surface area contributed by atoms with E-state index in [0.717, 1.165) is 22.3 Å². The molecular weight excluding hydrogens is 722 g/mol. The summed E-state index contributed by atoms with van der Waals surface area (Å²) in [5.74, 6) is 0. The standard InChI is InChI=1S/C38H28N6.2CNS.Zn/c1-5-17-29(18-6-1)35(33-25-13-15-27-39-33)41-43-37(31-21-9-3-10-22-31)38(32-23-11-4-12-24-32)44-42-36(30-19-7-2-8-20-30)34-26-14-16-28-40-34;2*2-1-3;/h1-28H;;;/q;2*-1;+2/b41-35+,42-36+,43-37-,44-38-;;;. The second-order valence-corrected chi connectivity index (χ2v) is 10.2. The number of aromatic nitrogens is 2. The zero-order chi connectivity index (χ0) is 35.2. The minimum atomic E-state index is 0. The molecule has 0 aliphatic carbocycles. The van der Waals surface area contributed by atoms with Crippen LogP contribution in [0.3, 0.4) is 0 Å². The zero-order valence-corrected chi connectivity index (χ0v) is 31.9. The summed E-state index contributed by atoms with van der Waals surface area (Å²) in [5.41, 5.74) is 7.36. The fourth-order valence-corrected chi connectivity index (χ4v) is 4.59. The Labute approximate surface area is 320 Å². The van der Waals surface area contributed by atoms with Gasteiger partial charge in [0.2, 0.25) is 0 Å². The molecule has 0 saturated heterocycles. The third-order valence-electron chi connectivity index (χ3n) is 6.73. The van der Waals surface area contributed by atoms with Crippen LogP contribution in [0.5, 0.6) is 0 Å². The zero-order valence-electron chi connectivity index (χ0n) is 27.3. The van der Waals surface area contributed by atoms with Gasteiger partial charge in [0.25, 0.3) is 0 Å². The van der Waals surface area contributed by atoms with Crippen LogP contribution in [-0.2, 0) is 19.5 Å². The van der Waals surface area contributed by atoms with Crippen molar-refractivity contribution in [1.29, 1.82) is 0 Å². The van der Waals surface area contributed by atoms with Crippen molar-refractivity contribution in [2.75, 3.05) is 0 Å². The Kier molecular flexibility index (Phi) is 17.6. The first kappa shape index (κ1) is 39.5. The molecule has 0 saturated carbocycles. The van der Waals surface area contributed by atoms with Crippen LogP contribution >= 0.6 is 24.4 Å². The van der Waals surface area contributed by atoms with Crippen molar-refractivity contribution in [3.8, 4) is 0 Å². The van der Waals surface area contributed by atoms with Gasteiger partial charge in [0.05, 0.1) is 11.4 Å². The van der Waals surface area contributed by atoms with Gasteiger partial charge < -0.3 is 10.8 Å². The molecule has 0 aliphatic heterocycles. The molecule has 51 heavy (non-hydrogen) atoms. The average molecular weight is 750 g/mol. The SMILES string of the molecule is [N-]=C=S.[N-]=C=S.[Zn+2].c1ccc(C(=N/N=C(\c2ccccc2)c2ccccn2)/C(=N\N=C(/c2ccccc2)c2ccccn2)c2ccccc2)cc1. The van der Waals surface area contributed by atoms with Gasteiger partial charge in [0.15, 0.2) is 0 Å².